The molecule has 0 spiro atoms. The quantitative estimate of drug-likeness (QED) is 0.836. The molecule has 0 aliphatic carbocycles. The average Bonchev–Trinajstić information content (AvgIpc) is 2.54. The Labute approximate surface area is 131 Å². The van der Waals surface area contributed by atoms with Crippen LogP contribution in [0, 0.1) is 0 Å². The lowest BCUT2D eigenvalue weighted by Gasteiger charge is -2.09. The first-order valence-electron chi connectivity index (χ1n) is 7.50. The summed E-state index contributed by atoms with van der Waals surface area (Å²) in [4.78, 5) is 12.2. The second-order valence-corrected chi connectivity index (χ2v) is 4.79. The number of rotatable bonds is 7. The second kappa shape index (κ2) is 8.08. The zero-order chi connectivity index (χ0) is 15.8. The number of anilines is 1. The van der Waals surface area contributed by atoms with Crippen molar-refractivity contribution in [2.24, 2.45) is 0 Å². The number of carbonyl (C=O) groups excluding carboxylic acids is 1. The second-order valence-electron chi connectivity index (χ2n) is 4.79. The summed E-state index contributed by atoms with van der Waals surface area (Å²) in [5.74, 6) is 1.36. The van der Waals surface area contributed by atoms with Gasteiger partial charge >= 0.3 is 0 Å². The molecule has 0 aliphatic heterocycles. The number of carbonyl (C=O) groups is 1. The summed E-state index contributed by atoms with van der Waals surface area (Å²) in [5, 5.41) is 2.86. The first kappa shape index (κ1) is 15.9. The van der Waals surface area contributed by atoms with Gasteiger partial charge in [-0.25, -0.2) is 0 Å². The maximum atomic E-state index is 12.2. The summed E-state index contributed by atoms with van der Waals surface area (Å²) in [7, 11) is 0. The van der Waals surface area contributed by atoms with Gasteiger partial charge in [0.1, 0.15) is 11.5 Å². The van der Waals surface area contributed by atoms with Crippen LogP contribution < -0.4 is 14.8 Å². The van der Waals surface area contributed by atoms with Gasteiger partial charge in [0, 0.05) is 17.3 Å². The lowest BCUT2D eigenvalue weighted by atomic mass is 10.2. The highest BCUT2D eigenvalue weighted by atomic mass is 16.5. The van der Waals surface area contributed by atoms with Crippen LogP contribution >= 0.6 is 0 Å². The van der Waals surface area contributed by atoms with Crippen molar-refractivity contribution in [2.75, 3.05) is 18.5 Å². The summed E-state index contributed by atoms with van der Waals surface area (Å²) in [6, 6.07) is 14.5. The van der Waals surface area contributed by atoms with Gasteiger partial charge < -0.3 is 14.8 Å². The van der Waals surface area contributed by atoms with Gasteiger partial charge in [0.05, 0.1) is 13.2 Å². The fraction of sp³-hybridized carbons (Fsp3) is 0.278. The van der Waals surface area contributed by atoms with E-state index < -0.39 is 0 Å². The molecule has 0 heterocycles. The Morgan fingerprint density at radius 3 is 2.45 bits per heavy atom. The van der Waals surface area contributed by atoms with Gasteiger partial charge in [-0.3, -0.25) is 4.79 Å². The Morgan fingerprint density at radius 2 is 1.77 bits per heavy atom. The van der Waals surface area contributed by atoms with Crippen molar-refractivity contribution in [3.05, 3.63) is 54.1 Å². The minimum absolute atomic E-state index is 0.157. The summed E-state index contributed by atoms with van der Waals surface area (Å²) >= 11 is 0. The van der Waals surface area contributed by atoms with Crippen molar-refractivity contribution in [1.82, 2.24) is 0 Å². The maximum absolute atomic E-state index is 12.2. The third-order valence-corrected chi connectivity index (χ3v) is 2.99. The van der Waals surface area contributed by atoms with Crippen LogP contribution in [0.3, 0.4) is 0 Å². The summed E-state index contributed by atoms with van der Waals surface area (Å²) in [6.07, 6.45) is 0.957. The van der Waals surface area contributed by atoms with Crippen molar-refractivity contribution in [1.29, 1.82) is 0 Å². The topological polar surface area (TPSA) is 47.6 Å². The number of nitrogens with one attached hydrogen (secondary N) is 1. The molecule has 0 saturated heterocycles. The minimum Gasteiger partial charge on any atom is -0.494 e. The Kier molecular flexibility index (Phi) is 5.83. The Hall–Kier alpha value is -2.49. The van der Waals surface area contributed by atoms with E-state index in [0.29, 0.717) is 24.5 Å². The molecule has 0 bridgehead atoms. The van der Waals surface area contributed by atoms with E-state index in [1.807, 2.05) is 25.1 Å². The lowest BCUT2D eigenvalue weighted by Crippen LogP contribution is -2.11. The van der Waals surface area contributed by atoms with Crippen LogP contribution in [0.1, 0.15) is 30.6 Å². The summed E-state index contributed by atoms with van der Waals surface area (Å²) in [5.41, 5.74) is 1.30. The normalized spacial score (nSPS) is 10.1. The first-order chi connectivity index (χ1) is 10.7. The zero-order valence-electron chi connectivity index (χ0n) is 13.0. The summed E-state index contributed by atoms with van der Waals surface area (Å²) < 4.78 is 10.9. The number of ether oxygens (including phenoxy) is 2. The molecule has 1 amide bonds. The SMILES string of the molecule is CCCOc1ccc(C(=O)Nc2cccc(OCC)c2)cc1. The fourth-order valence-corrected chi connectivity index (χ4v) is 1.96. The van der Waals surface area contributed by atoms with Crippen LogP contribution in [0.2, 0.25) is 0 Å². The van der Waals surface area contributed by atoms with Gasteiger partial charge in [0.25, 0.3) is 5.91 Å². The van der Waals surface area contributed by atoms with Crippen molar-refractivity contribution in [3.63, 3.8) is 0 Å². The molecule has 0 radical (unpaired) electrons. The highest BCUT2D eigenvalue weighted by Crippen LogP contribution is 2.19. The van der Waals surface area contributed by atoms with E-state index in [1.54, 1.807) is 30.3 Å². The van der Waals surface area contributed by atoms with Crippen LogP contribution in [0.5, 0.6) is 11.5 Å². The van der Waals surface area contributed by atoms with Crippen molar-refractivity contribution < 1.29 is 14.3 Å². The molecule has 0 atom stereocenters. The van der Waals surface area contributed by atoms with Crippen LogP contribution in [0.4, 0.5) is 5.69 Å². The number of benzene rings is 2. The Balaban J connectivity index is 2.00. The van der Waals surface area contributed by atoms with Gasteiger partial charge in [-0.2, -0.15) is 0 Å². The molecular formula is C18H21NO3. The van der Waals surface area contributed by atoms with E-state index in [1.165, 1.54) is 0 Å². The third kappa shape index (κ3) is 4.52. The molecule has 0 aliphatic rings. The molecule has 2 aromatic rings. The molecule has 4 nitrogen and oxygen atoms in total. The summed E-state index contributed by atoms with van der Waals surface area (Å²) in [6.45, 7) is 5.25. The highest BCUT2D eigenvalue weighted by Gasteiger charge is 2.07. The molecule has 1 N–H and O–H groups in total. The van der Waals surface area contributed by atoms with E-state index in [4.69, 9.17) is 9.47 Å². The molecule has 0 aromatic heterocycles. The highest BCUT2D eigenvalue weighted by molar-refractivity contribution is 6.04. The van der Waals surface area contributed by atoms with E-state index >= 15 is 0 Å². The van der Waals surface area contributed by atoms with Crippen LogP contribution in [0.25, 0.3) is 0 Å². The molecule has 0 unspecified atom stereocenters. The zero-order valence-corrected chi connectivity index (χ0v) is 13.0. The molecule has 2 aromatic carbocycles. The minimum atomic E-state index is -0.157. The predicted molar refractivity (Wildman–Crippen MR) is 87.8 cm³/mol. The van der Waals surface area contributed by atoms with Crippen molar-refractivity contribution >= 4 is 11.6 Å². The van der Waals surface area contributed by atoms with Gasteiger partial charge in [-0.15, -0.1) is 0 Å². The van der Waals surface area contributed by atoms with E-state index in [9.17, 15) is 4.79 Å². The maximum Gasteiger partial charge on any atom is 0.255 e. The van der Waals surface area contributed by atoms with Crippen LogP contribution in [-0.4, -0.2) is 19.1 Å². The standard InChI is InChI=1S/C18H21NO3/c1-3-12-22-16-10-8-14(9-11-16)18(20)19-15-6-5-7-17(13-15)21-4-2/h5-11,13H,3-4,12H2,1-2H3,(H,19,20). The molecule has 0 fully saturated rings. The number of hydrogen-bond donors (Lipinski definition) is 1. The largest absolute Gasteiger partial charge is 0.494 e. The fourth-order valence-electron chi connectivity index (χ4n) is 1.96. The third-order valence-electron chi connectivity index (χ3n) is 2.99. The lowest BCUT2D eigenvalue weighted by molar-refractivity contribution is 0.102. The van der Waals surface area contributed by atoms with E-state index in [2.05, 4.69) is 12.2 Å². The number of amides is 1. The molecule has 2 rings (SSSR count). The monoisotopic (exact) mass is 299 g/mol. The van der Waals surface area contributed by atoms with Crippen molar-refractivity contribution in [2.45, 2.75) is 20.3 Å². The average molecular weight is 299 g/mol. The first-order valence-corrected chi connectivity index (χ1v) is 7.50. The van der Waals surface area contributed by atoms with Gasteiger partial charge in [0.15, 0.2) is 0 Å². The van der Waals surface area contributed by atoms with E-state index in [-0.39, 0.29) is 5.91 Å². The Morgan fingerprint density at radius 1 is 1.00 bits per heavy atom. The van der Waals surface area contributed by atoms with Gasteiger partial charge in [-0.1, -0.05) is 13.0 Å². The van der Waals surface area contributed by atoms with Gasteiger partial charge in [-0.05, 0) is 49.7 Å². The smallest absolute Gasteiger partial charge is 0.255 e. The Bertz CT molecular complexity index is 608. The number of hydrogen-bond acceptors (Lipinski definition) is 3. The van der Waals surface area contributed by atoms with Gasteiger partial charge in [0.2, 0.25) is 0 Å². The van der Waals surface area contributed by atoms with Crippen molar-refractivity contribution in [3.8, 4) is 11.5 Å². The van der Waals surface area contributed by atoms with Crippen LogP contribution in [-0.2, 0) is 0 Å². The predicted octanol–water partition coefficient (Wildman–Crippen LogP) is 4.13. The van der Waals surface area contributed by atoms with Crippen LogP contribution in [0.15, 0.2) is 48.5 Å². The molecule has 4 heteroatoms. The molecule has 22 heavy (non-hydrogen) atoms. The van der Waals surface area contributed by atoms with E-state index in [0.717, 1.165) is 17.9 Å². The molecule has 0 saturated carbocycles. The molecule has 116 valence electrons. The molecular weight excluding hydrogens is 278 g/mol.